The van der Waals surface area contributed by atoms with Crippen molar-refractivity contribution in [3.63, 3.8) is 0 Å². The summed E-state index contributed by atoms with van der Waals surface area (Å²) in [5.74, 6) is 2.34. The largest absolute Gasteiger partial charge is 0.478 e. The number of fused-ring (bicyclic) bond motifs is 7. The number of allylic oxidation sites excluding steroid dienone is 3. The van der Waals surface area contributed by atoms with E-state index in [4.69, 9.17) is 4.74 Å². The molecule has 0 radical (unpaired) electrons. The van der Waals surface area contributed by atoms with Crippen molar-refractivity contribution >= 4 is 17.5 Å². The first-order chi connectivity index (χ1) is 19.4. The van der Waals surface area contributed by atoms with Crippen LogP contribution in [0.25, 0.3) is 5.57 Å². The van der Waals surface area contributed by atoms with Crippen LogP contribution in [0.1, 0.15) is 115 Å². The molecule has 8 atom stereocenters. The Balaban J connectivity index is 0.00000108. The predicted octanol–water partition coefficient (Wildman–Crippen LogP) is 9.21. The van der Waals surface area contributed by atoms with Gasteiger partial charge in [0.25, 0.3) is 0 Å². The van der Waals surface area contributed by atoms with Crippen LogP contribution in [0.2, 0.25) is 0 Å². The summed E-state index contributed by atoms with van der Waals surface area (Å²) in [5, 5.41) is 9.59. The predicted molar refractivity (Wildman–Crippen MR) is 165 cm³/mol. The molecule has 5 aliphatic carbocycles. The van der Waals surface area contributed by atoms with Crippen molar-refractivity contribution in [1.29, 1.82) is 0 Å². The molecule has 0 aromatic heterocycles. The molecule has 4 saturated carbocycles. The summed E-state index contributed by atoms with van der Waals surface area (Å²) in [5.41, 5.74) is 3.10. The zero-order valence-corrected chi connectivity index (χ0v) is 26.3. The Bertz CT molecular complexity index is 1230. The first-order valence-electron chi connectivity index (χ1n) is 16.1. The second kappa shape index (κ2) is 10.7. The highest BCUT2D eigenvalue weighted by atomic mass is 16.5. The molecule has 0 bridgehead atoms. The average molecular weight is 561 g/mol. The molecule has 4 heteroatoms. The number of aromatic carboxylic acids is 1. The summed E-state index contributed by atoms with van der Waals surface area (Å²) in [6.07, 6.45) is 15.9. The molecule has 0 aliphatic heterocycles. The Labute approximate surface area is 248 Å². The van der Waals surface area contributed by atoms with Crippen LogP contribution in [-0.2, 0) is 9.53 Å². The van der Waals surface area contributed by atoms with Crippen molar-refractivity contribution in [3.8, 4) is 0 Å². The molecule has 224 valence electrons. The Hall–Kier alpha value is -2.36. The van der Waals surface area contributed by atoms with Crippen LogP contribution in [0.4, 0.5) is 0 Å². The van der Waals surface area contributed by atoms with Crippen molar-refractivity contribution in [2.24, 2.45) is 51.2 Å². The van der Waals surface area contributed by atoms with Gasteiger partial charge in [-0.3, -0.25) is 4.79 Å². The normalized spacial score (nSPS) is 40.2. The zero-order chi connectivity index (χ0) is 29.8. The molecular formula is C37H52O4. The van der Waals surface area contributed by atoms with E-state index in [1.165, 1.54) is 50.5 Å². The molecule has 5 aliphatic rings. The maximum Gasteiger partial charge on any atom is 0.335 e. The monoisotopic (exact) mass is 560 g/mol. The van der Waals surface area contributed by atoms with Crippen LogP contribution >= 0.6 is 0 Å². The smallest absolute Gasteiger partial charge is 0.335 e. The highest BCUT2D eigenvalue weighted by Gasteiger charge is 2.66. The van der Waals surface area contributed by atoms with Crippen molar-refractivity contribution in [1.82, 2.24) is 0 Å². The molecule has 0 spiro atoms. The van der Waals surface area contributed by atoms with Crippen LogP contribution in [0.3, 0.4) is 0 Å². The van der Waals surface area contributed by atoms with Crippen LogP contribution in [0.15, 0.2) is 43.0 Å². The molecule has 0 saturated heterocycles. The van der Waals surface area contributed by atoms with Crippen LogP contribution in [0, 0.1) is 51.2 Å². The van der Waals surface area contributed by atoms with E-state index < -0.39 is 5.97 Å². The number of esters is 1. The first-order valence-corrected chi connectivity index (χ1v) is 16.1. The van der Waals surface area contributed by atoms with Crippen LogP contribution < -0.4 is 0 Å². The highest BCUT2D eigenvalue weighted by Crippen LogP contribution is 2.73. The van der Waals surface area contributed by atoms with Gasteiger partial charge in [-0.2, -0.15) is 0 Å². The lowest BCUT2D eigenvalue weighted by molar-refractivity contribution is -0.189. The Morgan fingerprint density at radius 3 is 2.37 bits per heavy atom. The fourth-order valence-electron chi connectivity index (χ4n) is 11.7. The van der Waals surface area contributed by atoms with Gasteiger partial charge in [0, 0.05) is 0 Å². The van der Waals surface area contributed by atoms with Crippen molar-refractivity contribution in [2.45, 2.75) is 98.8 Å². The maximum absolute atomic E-state index is 13.1. The summed E-state index contributed by atoms with van der Waals surface area (Å²) in [6.45, 7) is 15.3. The Morgan fingerprint density at radius 2 is 1.68 bits per heavy atom. The van der Waals surface area contributed by atoms with E-state index in [1.807, 2.05) is 19.1 Å². The van der Waals surface area contributed by atoms with Gasteiger partial charge in [0.2, 0.25) is 0 Å². The summed E-state index contributed by atoms with van der Waals surface area (Å²) in [4.78, 5) is 24.7. The summed E-state index contributed by atoms with van der Waals surface area (Å²) < 4.78 is 5.40. The number of benzene rings is 1. The molecule has 4 nitrogen and oxygen atoms in total. The summed E-state index contributed by atoms with van der Waals surface area (Å²) >= 11 is 0. The van der Waals surface area contributed by atoms with E-state index in [-0.39, 0.29) is 22.2 Å². The van der Waals surface area contributed by atoms with Crippen molar-refractivity contribution in [3.05, 3.63) is 54.1 Å². The number of ether oxygens (including phenoxy) is 1. The molecule has 41 heavy (non-hydrogen) atoms. The third-order valence-corrected chi connectivity index (χ3v) is 13.1. The minimum absolute atomic E-state index is 0.0135. The lowest BCUT2D eigenvalue weighted by Gasteiger charge is -2.68. The number of rotatable bonds is 3. The van der Waals surface area contributed by atoms with Gasteiger partial charge in [-0.25, -0.2) is 4.79 Å². The molecule has 4 fully saturated rings. The molecule has 0 heterocycles. The number of hydrogen-bond acceptors (Lipinski definition) is 3. The van der Waals surface area contributed by atoms with Gasteiger partial charge in [-0.1, -0.05) is 58.4 Å². The van der Waals surface area contributed by atoms with Gasteiger partial charge >= 0.3 is 11.9 Å². The third kappa shape index (κ3) is 4.45. The van der Waals surface area contributed by atoms with Crippen molar-refractivity contribution < 1.29 is 19.4 Å². The molecule has 6 rings (SSSR count). The molecule has 1 aromatic carbocycles. The minimum atomic E-state index is -0.859. The van der Waals surface area contributed by atoms with E-state index >= 15 is 0 Å². The average Bonchev–Trinajstić information content (AvgIpc) is 3.38. The Kier molecular flexibility index (Phi) is 7.88. The van der Waals surface area contributed by atoms with Gasteiger partial charge in [0.05, 0.1) is 18.1 Å². The lowest BCUT2D eigenvalue weighted by atomic mass is 9.36. The highest BCUT2D eigenvalue weighted by molar-refractivity contribution is 5.89. The fraction of sp³-hybridized carbons (Fsp3) is 0.676. The number of carbonyl (C=O) groups is 2. The topological polar surface area (TPSA) is 63.6 Å². The van der Waals surface area contributed by atoms with Crippen molar-refractivity contribution in [2.75, 3.05) is 7.11 Å². The number of carboxylic acids is 1. The quantitative estimate of drug-likeness (QED) is 0.296. The minimum Gasteiger partial charge on any atom is -0.478 e. The third-order valence-electron chi connectivity index (χ3n) is 13.1. The second-order valence-corrected chi connectivity index (χ2v) is 15.0. The first kappa shape index (κ1) is 30.1. The lowest BCUT2D eigenvalue weighted by Crippen LogP contribution is -2.61. The number of carbonyl (C=O) groups excluding carboxylic acids is 1. The van der Waals surface area contributed by atoms with Gasteiger partial charge in [-0.15, -0.1) is 6.58 Å². The molecule has 8 unspecified atom stereocenters. The summed E-state index contributed by atoms with van der Waals surface area (Å²) in [6, 6.07) is 7.55. The van der Waals surface area contributed by atoms with E-state index in [0.29, 0.717) is 40.6 Å². The number of carboxylic acid groups (broad SMARTS) is 1. The van der Waals surface area contributed by atoms with Gasteiger partial charge in [-0.05, 0) is 134 Å². The van der Waals surface area contributed by atoms with E-state index in [1.54, 1.807) is 19.3 Å². The summed E-state index contributed by atoms with van der Waals surface area (Å²) in [7, 11) is 1.59. The Morgan fingerprint density at radius 1 is 0.951 bits per heavy atom. The number of hydrogen-bond donors (Lipinski definition) is 1. The fourth-order valence-corrected chi connectivity index (χ4v) is 11.7. The van der Waals surface area contributed by atoms with Gasteiger partial charge in [0.1, 0.15) is 0 Å². The number of methoxy groups -OCH3 is 1. The molecule has 0 amide bonds. The van der Waals surface area contributed by atoms with E-state index in [9.17, 15) is 14.7 Å². The molecule has 1 N–H and O–H groups in total. The van der Waals surface area contributed by atoms with E-state index in [2.05, 4.69) is 46.4 Å². The standard InChI is InChI=1S/C34H46O4.C3H6/c1-31(2)24(21-8-6-9-22(20-21)29(35)36)13-17-33(4)27(31)15-18-32(3)25-14-19-34(30(37)38-5)16-7-10-26(34)23(25)11-12-28(32)33;1-3-2/h6,8-9,13,20,23,25-28H,7,10-12,14-19H2,1-5H3,(H,35,36);3H,1H2,2H3. The molecular weight excluding hydrogens is 508 g/mol. The van der Waals surface area contributed by atoms with Crippen LogP contribution in [0.5, 0.6) is 0 Å². The van der Waals surface area contributed by atoms with Gasteiger partial charge in [0.15, 0.2) is 0 Å². The van der Waals surface area contributed by atoms with E-state index in [0.717, 1.165) is 24.8 Å². The zero-order valence-electron chi connectivity index (χ0n) is 26.3. The van der Waals surface area contributed by atoms with Gasteiger partial charge < -0.3 is 9.84 Å². The second-order valence-electron chi connectivity index (χ2n) is 15.0. The SMILES string of the molecule is C=CC.COC(=O)C12CCCC1C1CCC3C(C)(CCC4C(C)(C)C(c5cccc(C(=O)O)c5)=CCC43C)C1CC2. The van der Waals surface area contributed by atoms with Crippen LogP contribution in [-0.4, -0.2) is 24.2 Å². The molecule has 1 aromatic rings. The maximum atomic E-state index is 13.1.